The first-order valence-corrected chi connectivity index (χ1v) is 32.6. The molecule has 0 aromatic heterocycles. The second-order valence-electron chi connectivity index (χ2n) is 23.6. The van der Waals surface area contributed by atoms with Gasteiger partial charge in [-0.15, -0.1) is 0 Å². The molecule has 10 heteroatoms. The number of amides is 3. The molecule has 2 aliphatic rings. The number of rotatable bonds is 47. The molecular formula is C66H117N3O7. The van der Waals surface area contributed by atoms with Crippen molar-refractivity contribution < 1.29 is 33.4 Å². The van der Waals surface area contributed by atoms with E-state index >= 15 is 0 Å². The quantitative estimate of drug-likeness (QED) is 0.0364. The lowest BCUT2D eigenvalue weighted by Gasteiger charge is -2.44. The smallest absolute Gasteiger partial charge is 0.410 e. The maximum atomic E-state index is 14.5. The molecule has 10 nitrogen and oxygen atoms in total. The van der Waals surface area contributed by atoms with Gasteiger partial charge in [-0.1, -0.05) is 244 Å². The zero-order valence-corrected chi connectivity index (χ0v) is 49.8. The van der Waals surface area contributed by atoms with E-state index < -0.39 is 0 Å². The molecule has 0 atom stereocenters. The van der Waals surface area contributed by atoms with Gasteiger partial charge in [0.25, 0.3) is 0 Å². The van der Waals surface area contributed by atoms with E-state index in [0.29, 0.717) is 77.0 Å². The van der Waals surface area contributed by atoms with Crippen LogP contribution in [-0.4, -0.2) is 90.7 Å². The predicted molar refractivity (Wildman–Crippen MR) is 315 cm³/mol. The highest BCUT2D eigenvalue weighted by Gasteiger charge is 2.39. The van der Waals surface area contributed by atoms with Gasteiger partial charge >= 0.3 is 24.1 Å². The summed E-state index contributed by atoms with van der Waals surface area (Å²) in [5.74, 6) is 1.01. The number of carbonyl (C=O) groups is 4. The van der Waals surface area contributed by atoms with Crippen molar-refractivity contribution in [3.8, 4) is 0 Å². The van der Waals surface area contributed by atoms with Gasteiger partial charge in [-0.05, 0) is 81.1 Å². The summed E-state index contributed by atoms with van der Waals surface area (Å²) in [4.78, 5) is 59.6. The van der Waals surface area contributed by atoms with Crippen LogP contribution in [-0.2, 0) is 30.4 Å². The first-order valence-electron chi connectivity index (χ1n) is 32.6. The van der Waals surface area contributed by atoms with Crippen LogP contribution in [0.15, 0.2) is 30.3 Å². The standard InChI is InChI=1S/C66H117N3O7/c1-5-9-13-17-21-26-33-40-58(41-34-27-22-18-14-10-6-2)55-74-63(70)46-37-28-23-29-38-49-69(65(72)67-47-39-48-68(51-50-67)66(73)76-57-60-44-35-30-36-45-60)62-52-61(53-62)54-64(71)75-56-59(42-31-24-19-15-11-7-3)43-32-25-20-16-12-8-4/h30,35-36,44-45,58-59,61-62H,5-29,31-34,37-43,46-57H2,1-4H3. The van der Waals surface area contributed by atoms with Crippen molar-refractivity contribution in [3.63, 3.8) is 0 Å². The van der Waals surface area contributed by atoms with Crippen molar-refractivity contribution in [1.82, 2.24) is 14.7 Å². The van der Waals surface area contributed by atoms with Gasteiger partial charge in [0.05, 0.1) is 13.2 Å². The molecule has 1 aromatic rings. The number of unbranched alkanes of at least 4 members (excludes halogenated alkanes) is 26. The summed E-state index contributed by atoms with van der Waals surface area (Å²) in [7, 11) is 0. The van der Waals surface area contributed by atoms with Crippen molar-refractivity contribution in [2.75, 3.05) is 45.9 Å². The topological polar surface area (TPSA) is 106 Å². The Labute approximate surface area is 467 Å². The zero-order chi connectivity index (χ0) is 54.5. The molecule has 1 saturated carbocycles. The van der Waals surface area contributed by atoms with Crippen molar-refractivity contribution in [3.05, 3.63) is 35.9 Å². The van der Waals surface area contributed by atoms with Crippen LogP contribution < -0.4 is 0 Å². The summed E-state index contributed by atoms with van der Waals surface area (Å²) < 4.78 is 17.6. The first-order chi connectivity index (χ1) is 37.3. The molecule has 3 rings (SSSR count). The molecule has 2 fully saturated rings. The average molecular weight is 1060 g/mol. The largest absolute Gasteiger partial charge is 0.465 e. The number of urea groups is 1. The minimum atomic E-state index is -0.338. The fourth-order valence-electron chi connectivity index (χ4n) is 11.5. The minimum Gasteiger partial charge on any atom is -0.465 e. The van der Waals surface area contributed by atoms with Crippen molar-refractivity contribution in [2.24, 2.45) is 17.8 Å². The third-order valence-corrected chi connectivity index (χ3v) is 16.7. The molecule has 0 spiro atoms. The van der Waals surface area contributed by atoms with Crippen molar-refractivity contribution in [2.45, 2.75) is 297 Å². The Hall–Kier alpha value is -3.30. The zero-order valence-electron chi connectivity index (χ0n) is 49.8. The number of hydrogen-bond donors (Lipinski definition) is 0. The van der Waals surface area contributed by atoms with Gasteiger partial charge < -0.3 is 28.9 Å². The fourth-order valence-corrected chi connectivity index (χ4v) is 11.5. The number of carbonyl (C=O) groups excluding carboxylic acids is 4. The van der Waals surface area contributed by atoms with Crippen LogP contribution in [0.1, 0.15) is 290 Å². The summed E-state index contributed by atoms with van der Waals surface area (Å²) in [5, 5.41) is 0. The third kappa shape index (κ3) is 32.6. The fraction of sp³-hybridized carbons (Fsp3) is 0.848. The van der Waals surface area contributed by atoms with E-state index in [9.17, 15) is 19.2 Å². The van der Waals surface area contributed by atoms with Crippen molar-refractivity contribution >= 4 is 24.1 Å². The van der Waals surface area contributed by atoms with Crippen LogP contribution in [0.4, 0.5) is 9.59 Å². The molecule has 0 radical (unpaired) electrons. The van der Waals surface area contributed by atoms with Crippen LogP contribution in [0, 0.1) is 17.8 Å². The highest BCUT2D eigenvalue weighted by atomic mass is 16.6. The summed E-state index contributed by atoms with van der Waals surface area (Å²) in [6.45, 7) is 13.1. The summed E-state index contributed by atoms with van der Waals surface area (Å²) in [6.07, 6.45) is 45.9. The number of hydrogen-bond acceptors (Lipinski definition) is 7. The van der Waals surface area contributed by atoms with E-state index in [-0.39, 0.29) is 42.6 Å². The van der Waals surface area contributed by atoms with E-state index in [1.807, 2.05) is 35.2 Å². The molecule has 0 N–H and O–H groups in total. The number of ether oxygens (including phenoxy) is 3. The van der Waals surface area contributed by atoms with Crippen LogP contribution in [0.25, 0.3) is 0 Å². The maximum Gasteiger partial charge on any atom is 0.410 e. The molecule has 1 aliphatic heterocycles. The Morgan fingerprint density at radius 3 is 1.41 bits per heavy atom. The number of esters is 2. The van der Waals surface area contributed by atoms with Gasteiger partial charge in [-0.2, -0.15) is 0 Å². The lowest BCUT2D eigenvalue weighted by Crippen LogP contribution is -2.54. The van der Waals surface area contributed by atoms with Crippen LogP contribution >= 0.6 is 0 Å². The van der Waals surface area contributed by atoms with E-state index in [1.165, 1.54) is 180 Å². The minimum absolute atomic E-state index is 0.0396. The average Bonchev–Trinajstić information content (AvgIpc) is 3.69. The molecule has 1 aliphatic carbocycles. The Bertz CT molecular complexity index is 1540. The molecule has 1 saturated heterocycles. The molecule has 0 bridgehead atoms. The normalized spacial score (nSPS) is 15.7. The second kappa shape index (κ2) is 45.6. The van der Waals surface area contributed by atoms with Crippen molar-refractivity contribution in [1.29, 1.82) is 0 Å². The van der Waals surface area contributed by atoms with Gasteiger partial charge in [0.2, 0.25) is 0 Å². The van der Waals surface area contributed by atoms with E-state index in [2.05, 4.69) is 32.6 Å². The maximum absolute atomic E-state index is 14.5. The second-order valence-corrected chi connectivity index (χ2v) is 23.6. The molecule has 76 heavy (non-hydrogen) atoms. The Morgan fingerprint density at radius 1 is 0.487 bits per heavy atom. The summed E-state index contributed by atoms with van der Waals surface area (Å²) in [6, 6.07) is 9.86. The van der Waals surface area contributed by atoms with E-state index in [0.717, 1.165) is 63.4 Å². The van der Waals surface area contributed by atoms with Gasteiger partial charge in [0.15, 0.2) is 0 Å². The molecular weight excluding hydrogens is 947 g/mol. The predicted octanol–water partition coefficient (Wildman–Crippen LogP) is 18.4. The first kappa shape index (κ1) is 67.0. The molecule has 1 heterocycles. The number of nitrogens with zero attached hydrogens (tertiary/aromatic N) is 3. The monoisotopic (exact) mass is 1060 g/mol. The Kier molecular flexibility index (Phi) is 40.1. The Morgan fingerprint density at radius 2 is 0.908 bits per heavy atom. The van der Waals surface area contributed by atoms with Gasteiger partial charge in [0, 0.05) is 51.6 Å². The lowest BCUT2D eigenvalue weighted by atomic mass is 9.77. The molecule has 1 aromatic carbocycles. The number of benzene rings is 1. The van der Waals surface area contributed by atoms with Gasteiger partial charge in [-0.3, -0.25) is 9.59 Å². The SMILES string of the molecule is CCCCCCCCCC(CCCCCCCCC)COC(=O)CCCCCCCN(C(=O)N1CCCN(C(=O)OCc2ccccc2)CC1)C1CC(CC(=O)OCC(CCCCCCCC)CCCCCCCC)C1. The van der Waals surface area contributed by atoms with Crippen LogP contribution in [0.3, 0.4) is 0 Å². The Balaban J connectivity index is 1.48. The van der Waals surface area contributed by atoms with Crippen LogP contribution in [0.2, 0.25) is 0 Å². The van der Waals surface area contributed by atoms with Crippen LogP contribution in [0.5, 0.6) is 0 Å². The molecule has 438 valence electrons. The van der Waals surface area contributed by atoms with Gasteiger partial charge in [0.1, 0.15) is 6.61 Å². The molecule has 0 unspecified atom stereocenters. The van der Waals surface area contributed by atoms with E-state index in [4.69, 9.17) is 14.2 Å². The summed E-state index contributed by atoms with van der Waals surface area (Å²) >= 11 is 0. The molecule has 3 amide bonds. The third-order valence-electron chi connectivity index (χ3n) is 16.7. The summed E-state index contributed by atoms with van der Waals surface area (Å²) in [5.41, 5.74) is 0.950. The lowest BCUT2D eigenvalue weighted by molar-refractivity contribution is -0.147. The van der Waals surface area contributed by atoms with Gasteiger partial charge in [-0.25, -0.2) is 9.59 Å². The highest BCUT2D eigenvalue weighted by Crippen LogP contribution is 2.36. The van der Waals surface area contributed by atoms with E-state index in [1.54, 1.807) is 4.90 Å². The highest BCUT2D eigenvalue weighted by molar-refractivity contribution is 5.75.